The van der Waals surface area contributed by atoms with Crippen LogP contribution < -0.4 is 10.1 Å². The van der Waals surface area contributed by atoms with Crippen LogP contribution in [0, 0.1) is 0 Å². The van der Waals surface area contributed by atoms with Gasteiger partial charge in [0.1, 0.15) is 18.1 Å². The van der Waals surface area contributed by atoms with Crippen LogP contribution in [0.3, 0.4) is 0 Å². The molecule has 20 heavy (non-hydrogen) atoms. The minimum Gasteiger partial charge on any atom is -0.511 e. The zero-order chi connectivity index (χ0) is 15.0. The fourth-order valence-corrected chi connectivity index (χ4v) is 1.92. The number of aliphatic hydroxyl groups is 1. The van der Waals surface area contributed by atoms with Gasteiger partial charge in [-0.25, -0.2) is 0 Å². The van der Waals surface area contributed by atoms with Gasteiger partial charge in [0.15, 0.2) is 0 Å². The molecule has 0 aliphatic rings. The van der Waals surface area contributed by atoms with E-state index in [0.29, 0.717) is 19.6 Å². The quantitative estimate of drug-likeness (QED) is 0.539. The first-order valence-electron chi connectivity index (χ1n) is 6.87. The maximum Gasteiger partial charge on any atom is 0.119 e. The molecule has 0 bridgehead atoms. The zero-order valence-electron chi connectivity index (χ0n) is 12.6. The summed E-state index contributed by atoms with van der Waals surface area (Å²) in [5.41, 5.74) is 1.09. The number of hydrogen-bond donors (Lipinski definition) is 2. The topological polar surface area (TPSA) is 50.7 Å². The molecular formula is C16H25NO3. The molecule has 0 aliphatic heterocycles. The molecule has 1 aromatic carbocycles. The SMILES string of the molecule is C=C(O)C(Cc1cccc(OCCOC)c1)NC(C)C. The molecule has 1 unspecified atom stereocenters. The number of aliphatic hydroxyl groups excluding tert-OH is 1. The molecule has 0 spiro atoms. The van der Waals surface area contributed by atoms with Crippen LogP contribution in [0.25, 0.3) is 0 Å². The fraction of sp³-hybridized carbons (Fsp3) is 0.500. The first kappa shape index (κ1) is 16.5. The van der Waals surface area contributed by atoms with Crippen molar-refractivity contribution in [2.75, 3.05) is 20.3 Å². The molecule has 1 aromatic rings. The summed E-state index contributed by atoms with van der Waals surface area (Å²) in [5.74, 6) is 0.968. The number of benzene rings is 1. The summed E-state index contributed by atoms with van der Waals surface area (Å²) < 4.78 is 10.5. The van der Waals surface area contributed by atoms with E-state index in [4.69, 9.17) is 9.47 Å². The van der Waals surface area contributed by atoms with Gasteiger partial charge in [-0.05, 0) is 24.1 Å². The molecule has 0 amide bonds. The highest BCUT2D eigenvalue weighted by molar-refractivity contribution is 5.29. The maximum absolute atomic E-state index is 9.66. The largest absolute Gasteiger partial charge is 0.511 e. The van der Waals surface area contributed by atoms with Crippen LogP contribution in [0.1, 0.15) is 19.4 Å². The minimum absolute atomic E-state index is 0.149. The van der Waals surface area contributed by atoms with E-state index >= 15 is 0 Å². The van der Waals surface area contributed by atoms with E-state index in [9.17, 15) is 5.11 Å². The van der Waals surface area contributed by atoms with Crippen LogP contribution in [-0.2, 0) is 11.2 Å². The minimum atomic E-state index is -0.149. The molecule has 4 nitrogen and oxygen atoms in total. The molecule has 0 aromatic heterocycles. The van der Waals surface area contributed by atoms with E-state index in [-0.39, 0.29) is 17.8 Å². The molecular weight excluding hydrogens is 254 g/mol. The van der Waals surface area contributed by atoms with Crippen molar-refractivity contribution in [2.24, 2.45) is 0 Å². The highest BCUT2D eigenvalue weighted by Gasteiger charge is 2.14. The third kappa shape index (κ3) is 6.08. The van der Waals surface area contributed by atoms with Gasteiger partial charge in [-0.15, -0.1) is 0 Å². The maximum atomic E-state index is 9.66. The summed E-state index contributed by atoms with van der Waals surface area (Å²) >= 11 is 0. The van der Waals surface area contributed by atoms with E-state index in [1.165, 1.54) is 0 Å². The Labute approximate surface area is 121 Å². The first-order chi connectivity index (χ1) is 9.52. The van der Waals surface area contributed by atoms with Gasteiger partial charge in [0.25, 0.3) is 0 Å². The third-order valence-corrected chi connectivity index (χ3v) is 2.83. The highest BCUT2D eigenvalue weighted by atomic mass is 16.5. The van der Waals surface area contributed by atoms with E-state index in [1.54, 1.807) is 7.11 Å². The van der Waals surface area contributed by atoms with Gasteiger partial charge in [0, 0.05) is 13.2 Å². The van der Waals surface area contributed by atoms with E-state index < -0.39 is 0 Å². The lowest BCUT2D eigenvalue weighted by molar-refractivity contribution is 0.146. The van der Waals surface area contributed by atoms with Crippen molar-refractivity contribution in [1.82, 2.24) is 5.32 Å². The van der Waals surface area contributed by atoms with Crippen LogP contribution >= 0.6 is 0 Å². The van der Waals surface area contributed by atoms with Crippen LogP contribution in [0.2, 0.25) is 0 Å². The normalized spacial score (nSPS) is 12.4. The second-order valence-electron chi connectivity index (χ2n) is 5.06. The van der Waals surface area contributed by atoms with Crippen molar-refractivity contribution in [3.63, 3.8) is 0 Å². The Kier molecular flexibility index (Phi) is 7.12. The molecule has 1 atom stereocenters. The van der Waals surface area contributed by atoms with Crippen molar-refractivity contribution in [2.45, 2.75) is 32.4 Å². The Morgan fingerprint density at radius 1 is 1.35 bits per heavy atom. The lowest BCUT2D eigenvalue weighted by Gasteiger charge is -2.20. The van der Waals surface area contributed by atoms with Crippen LogP contribution in [0.5, 0.6) is 5.75 Å². The Hall–Kier alpha value is -1.52. The van der Waals surface area contributed by atoms with Crippen LogP contribution in [0.4, 0.5) is 0 Å². The predicted molar refractivity (Wildman–Crippen MR) is 81.3 cm³/mol. The summed E-state index contributed by atoms with van der Waals surface area (Å²) in [6.45, 7) is 8.81. The van der Waals surface area contributed by atoms with Crippen molar-refractivity contribution >= 4 is 0 Å². The standard InChI is InChI=1S/C16H25NO3/c1-12(2)17-16(13(3)18)11-14-6-5-7-15(10-14)20-9-8-19-4/h5-7,10,12,16-18H,3,8-9,11H2,1-2,4H3. The van der Waals surface area contributed by atoms with Gasteiger partial charge < -0.3 is 19.9 Å². The van der Waals surface area contributed by atoms with Crippen molar-refractivity contribution in [1.29, 1.82) is 0 Å². The third-order valence-electron chi connectivity index (χ3n) is 2.83. The molecule has 112 valence electrons. The fourth-order valence-electron chi connectivity index (χ4n) is 1.92. The Bertz CT molecular complexity index is 418. The monoisotopic (exact) mass is 279 g/mol. The molecule has 0 fully saturated rings. The Morgan fingerprint density at radius 2 is 2.10 bits per heavy atom. The van der Waals surface area contributed by atoms with Crippen molar-refractivity contribution < 1.29 is 14.6 Å². The Morgan fingerprint density at radius 3 is 2.70 bits per heavy atom. The van der Waals surface area contributed by atoms with Crippen LogP contribution in [0.15, 0.2) is 36.6 Å². The summed E-state index contributed by atoms with van der Waals surface area (Å²) in [5, 5.41) is 12.9. The number of ether oxygens (including phenoxy) is 2. The molecule has 0 saturated carbocycles. The van der Waals surface area contributed by atoms with Crippen molar-refractivity contribution in [3.05, 3.63) is 42.2 Å². The van der Waals surface area contributed by atoms with Gasteiger partial charge in [-0.2, -0.15) is 0 Å². The summed E-state index contributed by atoms with van der Waals surface area (Å²) in [4.78, 5) is 0. The average Bonchev–Trinajstić information content (AvgIpc) is 2.38. The first-order valence-corrected chi connectivity index (χ1v) is 6.87. The van der Waals surface area contributed by atoms with E-state index in [0.717, 1.165) is 11.3 Å². The lowest BCUT2D eigenvalue weighted by Crippen LogP contribution is -2.37. The number of methoxy groups -OCH3 is 1. The molecule has 0 aliphatic carbocycles. The van der Waals surface area contributed by atoms with E-state index in [2.05, 4.69) is 11.9 Å². The lowest BCUT2D eigenvalue weighted by atomic mass is 10.0. The number of hydrogen-bond acceptors (Lipinski definition) is 4. The number of nitrogens with one attached hydrogen (secondary N) is 1. The van der Waals surface area contributed by atoms with Gasteiger partial charge in [-0.3, -0.25) is 0 Å². The summed E-state index contributed by atoms with van der Waals surface area (Å²) in [6.07, 6.45) is 0.676. The Balaban J connectivity index is 2.65. The van der Waals surface area contributed by atoms with Crippen molar-refractivity contribution in [3.8, 4) is 5.75 Å². The van der Waals surface area contributed by atoms with Gasteiger partial charge in [-0.1, -0.05) is 32.6 Å². The van der Waals surface area contributed by atoms with Gasteiger partial charge >= 0.3 is 0 Å². The second-order valence-corrected chi connectivity index (χ2v) is 5.06. The number of rotatable bonds is 9. The molecule has 0 saturated heterocycles. The predicted octanol–water partition coefficient (Wildman–Crippen LogP) is 2.69. The molecule has 0 radical (unpaired) electrons. The van der Waals surface area contributed by atoms with Gasteiger partial charge in [0.2, 0.25) is 0 Å². The van der Waals surface area contributed by atoms with Crippen LogP contribution in [-0.4, -0.2) is 37.5 Å². The molecule has 0 heterocycles. The summed E-state index contributed by atoms with van der Waals surface area (Å²) in [7, 11) is 1.65. The van der Waals surface area contributed by atoms with Gasteiger partial charge in [0.05, 0.1) is 12.6 Å². The highest BCUT2D eigenvalue weighted by Crippen LogP contribution is 2.16. The van der Waals surface area contributed by atoms with E-state index in [1.807, 2.05) is 38.1 Å². The zero-order valence-corrected chi connectivity index (χ0v) is 12.6. The molecule has 2 N–H and O–H groups in total. The smallest absolute Gasteiger partial charge is 0.119 e. The average molecular weight is 279 g/mol. The summed E-state index contributed by atoms with van der Waals surface area (Å²) in [6, 6.07) is 7.99. The molecule has 1 rings (SSSR count). The second kappa shape index (κ2) is 8.61. The molecule has 4 heteroatoms.